The summed E-state index contributed by atoms with van der Waals surface area (Å²) in [6.07, 6.45) is 0. The number of carbonyl (C=O) groups is 2. The largest absolute Gasteiger partial charge is 0.497 e. The molecule has 3 aromatic carbocycles. The van der Waals surface area contributed by atoms with Crippen LogP contribution in [-0.2, 0) is 4.79 Å². The van der Waals surface area contributed by atoms with E-state index in [0.717, 1.165) is 22.1 Å². The van der Waals surface area contributed by atoms with E-state index in [1.807, 2.05) is 36.4 Å². The third-order valence-corrected chi connectivity index (χ3v) is 4.59. The van der Waals surface area contributed by atoms with Crippen molar-refractivity contribution in [3.05, 3.63) is 76.8 Å². The molecule has 0 fully saturated rings. The molecular weight excluding hydrogens is 364 g/mol. The number of benzene rings is 3. The number of hydrogen-bond donors (Lipinski definition) is 2. The van der Waals surface area contributed by atoms with E-state index < -0.39 is 11.8 Å². The van der Waals surface area contributed by atoms with Crippen LogP contribution in [0.15, 0.2) is 60.7 Å². The van der Waals surface area contributed by atoms with Crippen LogP contribution in [-0.4, -0.2) is 18.9 Å². The molecule has 0 unspecified atom stereocenters. The maximum atomic E-state index is 12.4. The van der Waals surface area contributed by atoms with Gasteiger partial charge in [-0.1, -0.05) is 41.9 Å². The minimum atomic E-state index is -0.434. The summed E-state index contributed by atoms with van der Waals surface area (Å²) in [6, 6.07) is 18.1. The summed E-state index contributed by atoms with van der Waals surface area (Å²) in [5.74, 6) is -0.386. The molecule has 0 bridgehead atoms. The van der Waals surface area contributed by atoms with Crippen LogP contribution in [0.1, 0.15) is 28.8 Å². The van der Waals surface area contributed by atoms with Crippen molar-refractivity contribution >= 4 is 34.2 Å². The number of halogens is 1. The number of nitrogens with one attached hydrogen (secondary N) is 2. The first-order valence-electron chi connectivity index (χ1n) is 8.41. The van der Waals surface area contributed by atoms with Crippen molar-refractivity contribution in [2.24, 2.45) is 0 Å². The van der Waals surface area contributed by atoms with Crippen LogP contribution >= 0.6 is 11.6 Å². The van der Waals surface area contributed by atoms with Gasteiger partial charge in [0, 0.05) is 10.6 Å². The van der Waals surface area contributed by atoms with Gasteiger partial charge in [0.25, 0.3) is 5.91 Å². The molecule has 0 aromatic heterocycles. The van der Waals surface area contributed by atoms with Gasteiger partial charge in [-0.3, -0.25) is 20.4 Å². The standard InChI is InChI=1S/C21H19ClN2O3/c1-13(14-6-7-16-12-19(27-2)9-8-15(16)10-14)20(25)23-24-21(26)17-4-3-5-18(22)11-17/h3-13H,1-2H3,(H,23,25)(H,24,26)/t13-/m0/s1. The van der Waals surface area contributed by atoms with E-state index in [9.17, 15) is 9.59 Å². The van der Waals surface area contributed by atoms with Crippen molar-refractivity contribution in [3.8, 4) is 5.75 Å². The molecule has 0 aliphatic carbocycles. The van der Waals surface area contributed by atoms with Gasteiger partial charge < -0.3 is 4.74 Å². The van der Waals surface area contributed by atoms with E-state index in [1.54, 1.807) is 32.2 Å². The van der Waals surface area contributed by atoms with Gasteiger partial charge in [0.05, 0.1) is 13.0 Å². The van der Waals surface area contributed by atoms with Crippen molar-refractivity contribution < 1.29 is 14.3 Å². The number of ether oxygens (including phenoxy) is 1. The highest BCUT2D eigenvalue weighted by Crippen LogP contribution is 2.25. The maximum absolute atomic E-state index is 12.4. The molecule has 5 nitrogen and oxygen atoms in total. The van der Waals surface area contributed by atoms with Gasteiger partial charge >= 0.3 is 0 Å². The third kappa shape index (κ3) is 4.38. The van der Waals surface area contributed by atoms with Crippen LogP contribution < -0.4 is 15.6 Å². The number of fused-ring (bicyclic) bond motifs is 1. The second-order valence-electron chi connectivity index (χ2n) is 6.15. The minimum absolute atomic E-state index is 0.307. The highest BCUT2D eigenvalue weighted by molar-refractivity contribution is 6.30. The van der Waals surface area contributed by atoms with E-state index in [-0.39, 0.29) is 5.91 Å². The molecule has 2 amide bonds. The Labute approximate surface area is 162 Å². The Morgan fingerprint density at radius 3 is 2.44 bits per heavy atom. The van der Waals surface area contributed by atoms with Crippen molar-refractivity contribution in [2.45, 2.75) is 12.8 Å². The average Bonchev–Trinajstić information content (AvgIpc) is 2.70. The molecule has 0 saturated carbocycles. The Hall–Kier alpha value is -3.05. The quantitative estimate of drug-likeness (QED) is 0.668. The summed E-state index contributed by atoms with van der Waals surface area (Å²) in [4.78, 5) is 24.5. The number of hydrogen-bond acceptors (Lipinski definition) is 3. The van der Waals surface area contributed by atoms with Gasteiger partial charge in [-0.2, -0.15) is 0 Å². The first-order valence-corrected chi connectivity index (χ1v) is 8.79. The lowest BCUT2D eigenvalue weighted by molar-refractivity contribution is -0.123. The van der Waals surface area contributed by atoms with E-state index in [4.69, 9.17) is 16.3 Å². The fourth-order valence-corrected chi connectivity index (χ4v) is 2.91. The minimum Gasteiger partial charge on any atom is -0.497 e. The summed E-state index contributed by atoms with van der Waals surface area (Å²) >= 11 is 5.87. The van der Waals surface area contributed by atoms with Gasteiger partial charge in [0.1, 0.15) is 5.75 Å². The zero-order valence-electron chi connectivity index (χ0n) is 15.0. The van der Waals surface area contributed by atoms with E-state index >= 15 is 0 Å². The highest BCUT2D eigenvalue weighted by atomic mass is 35.5. The van der Waals surface area contributed by atoms with Crippen molar-refractivity contribution in [2.75, 3.05) is 7.11 Å². The fraction of sp³-hybridized carbons (Fsp3) is 0.143. The summed E-state index contributed by atoms with van der Waals surface area (Å²) in [5, 5.41) is 2.49. The third-order valence-electron chi connectivity index (χ3n) is 4.35. The molecule has 138 valence electrons. The number of hydrazine groups is 1. The van der Waals surface area contributed by atoms with Crippen LogP contribution in [0.3, 0.4) is 0 Å². The second kappa shape index (κ2) is 8.10. The molecule has 0 aliphatic heterocycles. The normalized spacial score (nSPS) is 11.7. The van der Waals surface area contributed by atoms with E-state index in [0.29, 0.717) is 10.6 Å². The molecule has 1 atom stereocenters. The Balaban J connectivity index is 1.68. The summed E-state index contributed by atoms with van der Waals surface area (Å²) < 4.78 is 5.22. The Bertz CT molecular complexity index is 1000. The molecule has 2 N–H and O–H groups in total. The fourth-order valence-electron chi connectivity index (χ4n) is 2.72. The lowest BCUT2D eigenvalue weighted by atomic mass is 9.97. The molecular formula is C21H19ClN2O3. The van der Waals surface area contributed by atoms with Crippen LogP contribution in [0.25, 0.3) is 10.8 Å². The van der Waals surface area contributed by atoms with Gasteiger partial charge in [-0.25, -0.2) is 0 Å². The molecule has 27 heavy (non-hydrogen) atoms. The van der Waals surface area contributed by atoms with Crippen LogP contribution in [0, 0.1) is 0 Å². The van der Waals surface area contributed by atoms with Gasteiger partial charge in [-0.15, -0.1) is 0 Å². The Morgan fingerprint density at radius 1 is 0.963 bits per heavy atom. The first-order chi connectivity index (χ1) is 13.0. The van der Waals surface area contributed by atoms with Crippen LogP contribution in [0.2, 0.25) is 5.02 Å². The topological polar surface area (TPSA) is 67.4 Å². The number of amides is 2. The van der Waals surface area contributed by atoms with E-state index in [2.05, 4.69) is 10.9 Å². The predicted octanol–water partition coefficient (Wildman–Crippen LogP) is 4.07. The summed E-state index contributed by atoms with van der Waals surface area (Å²) in [6.45, 7) is 1.78. The van der Waals surface area contributed by atoms with Crippen LogP contribution in [0.4, 0.5) is 0 Å². The monoisotopic (exact) mass is 382 g/mol. The van der Waals surface area contributed by atoms with Crippen molar-refractivity contribution in [1.29, 1.82) is 0 Å². The van der Waals surface area contributed by atoms with Gasteiger partial charge in [0.15, 0.2) is 0 Å². The molecule has 0 saturated heterocycles. The lowest BCUT2D eigenvalue weighted by Gasteiger charge is -2.14. The second-order valence-corrected chi connectivity index (χ2v) is 6.58. The Morgan fingerprint density at radius 2 is 1.70 bits per heavy atom. The predicted molar refractivity (Wildman–Crippen MR) is 106 cm³/mol. The SMILES string of the molecule is COc1ccc2cc([C@H](C)C(=O)NNC(=O)c3cccc(Cl)c3)ccc2c1. The van der Waals surface area contributed by atoms with Crippen molar-refractivity contribution in [3.63, 3.8) is 0 Å². The molecule has 0 radical (unpaired) electrons. The average molecular weight is 383 g/mol. The van der Waals surface area contributed by atoms with Gasteiger partial charge in [-0.05, 0) is 53.6 Å². The first kappa shape index (κ1) is 18.7. The summed E-state index contributed by atoms with van der Waals surface area (Å²) in [5.41, 5.74) is 6.10. The van der Waals surface area contributed by atoms with Crippen molar-refractivity contribution in [1.82, 2.24) is 10.9 Å². The molecule has 0 heterocycles. The highest BCUT2D eigenvalue weighted by Gasteiger charge is 2.17. The Kier molecular flexibility index (Phi) is 5.62. The van der Waals surface area contributed by atoms with E-state index in [1.165, 1.54) is 6.07 Å². The lowest BCUT2D eigenvalue weighted by Crippen LogP contribution is -2.43. The molecule has 3 rings (SSSR count). The zero-order valence-corrected chi connectivity index (χ0v) is 15.7. The molecule has 6 heteroatoms. The number of carbonyl (C=O) groups excluding carboxylic acids is 2. The molecule has 0 aliphatic rings. The molecule has 3 aromatic rings. The maximum Gasteiger partial charge on any atom is 0.269 e. The number of methoxy groups -OCH3 is 1. The summed E-state index contributed by atoms with van der Waals surface area (Å²) in [7, 11) is 1.62. The number of rotatable bonds is 4. The van der Waals surface area contributed by atoms with Gasteiger partial charge in [0.2, 0.25) is 5.91 Å². The zero-order chi connectivity index (χ0) is 19.4. The molecule has 0 spiro atoms. The smallest absolute Gasteiger partial charge is 0.269 e. The van der Waals surface area contributed by atoms with Crippen LogP contribution in [0.5, 0.6) is 5.75 Å².